The molecule has 0 aliphatic carbocycles. The van der Waals surface area contributed by atoms with E-state index in [-0.39, 0.29) is 22.8 Å². The van der Waals surface area contributed by atoms with Gasteiger partial charge in [0, 0.05) is 29.7 Å². The van der Waals surface area contributed by atoms with Gasteiger partial charge in [0.2, 0.25) is 0 Å². The summed E-state index contributed by atoms with van der Waals surface area (Å²) in [7, 11) is 3.38. The molecule has 0 spiro atoms. The van der Waals surface area contributed by atoms with Crippen molar-refractivity contribution in [2.75, 3.05) is 19.1 Å². The lowest BCUT2D eigenvalue weighted by molar-refractivity contribution is 0.0438. The van der Waals surface area contributed by atoms with Crippen LogP contribution in [0.4, 0.5) is 5.82 Å². The van der Waals surface area contributed by atoms with E-state index in [1.807, 2.05) is 24.3 Å². The predicted molar refractivity (Wildman–Crippen MR) is 147 cm³/mol. The van der Waals surface area contributed by atoms with Crippen LogP contribution in [0.3, 0.4) is 0 Å². The third-order valence-corrected chi connectivity index (χ3v) is 7.47. The number of hydrogen-bond donors (Lipinski definition) is 1. The van der Waals surface area contributed by atoms with E-state index in [9.17, 15) is 0 Å². The van der Waals surface area contributed by atoms with Crippen LogP contribution in [-0.2, 0) is 9.31 Å². The molecule has 2 saturated heterocycles. The monoisotopic (exact) mass is 494 g/mol. The van der Waals surface area contributed by atoms with Crippen molar-refractivity contribution in [3.8, 4) is 17.0 Å². The predicted octanol–water partition coefficient (Wildman–Crippen LogP) is 4.44. The fourth-order valence-corrected chi connectivity index (χ4v) is 6.23. The Kier molecular flexibility index (Phi) is 7.19. The molecular weight excluding hydrogens is 451 g/mol. The Morgan fingerprint density at radius 1 is 1.03 bits per heavy atom. The van der Waals surface area contributed by atoms with Crippen molar-refractivity contribution >= 4 is 18.4 Å². The first-order valence-corrected chi connectivity index (χ1v) is 13.1. The van der Waals surface area contributed by atoms with Gasteiger partial charge in [-0.2, -0.15) is 0 Å². The highest BCUT2D eigenvalue weighted by Gasteiger charge is 2.47. The third-order valence-electron chi connectivity index (χ3n) is 7.47. The van der Waals surface area contributed by atoms with E-state index < -0.39 is 7.12 Å². The molecular formula is C28H43BN4O3. The molecule has 36 heavy (non-hydrogen) atoms. The van der Waals surface area contributed by atoms with E-state index in [4.69, 9.17) is 14.0 Å². The number of rotatable bonds is 6. The van der Waals surface area contributed by atoms with Gasteiger partial charge >= 0.3 is 7.12 Å². The van der Waals surface area contributed by atoms with E-state index in [1.165, 1.54) is 0 Å². The second kappa shape index (κ2) is 9.62. The van der Waals surface area contributed by atoms with Crippen molar-refractivity contribution in [3.05, 3.63) is 30.3 Å². The molecule has 0 bridgehead atoms. The quantitative estimate of drug-likeness (QED) is 0.596. The van der Waals surface area contributed by atoms with Crippen molar-refractivity contribution in [3.63, 3.8) is 0 Å². The Morgan fingerprint density at radius 2 is 1.69 bits per heavy atom. The Bertz CT molecular complexity index is 1050. The molecule has 8 heteroatoms. The summed E-state index contributed by atoms with van der Waals surface area (Å²) in [6.07, 6.45) is 2.12. The smallest absolute Gasteiger partial charge is 0.494 e. The lowest BCUT2D eigenvalue weighted by Gasteiger charge is -2.49. The van der Waals surface area contributed by atoms with Gasteiger partial charge in [0.25, 0.3) is 0 Å². The molecule has 2 fully saturated rings. The Morgan fingerprint density at radius 3 is 2.22 bits per heavy atom. The minimum atomic E-state index is -0.420. The Labute approximate surface area is 217 Å². The van der Waals surface area contributed by atoms with Crippen molar-refractivity contribution in [2.24, 2.45) is 5.92 Å². The molecule has 0 saturated carbocycles. The number of methoxy groups -OCH3 is 1. The average Bonchev–Trinajstić information content (AvgIpc) is 3.11. The highest BCUT2D eigenvalue weighted by atomic mass is 16.7. The second-order valence-electron chi connectivity index (χ2n) is 12.7. The summed E-state index contributed by atoms with van der Waals surface area (Å²) in [6, 6.07) is 10.5. The van der Waals surface area contributed by atoms with Gasteiger partial charge < -0.3 is 24.3 Å². The Balaban J connectivity index is 1.53. The van der Waals surface area contributed by atoms with Crippen LogP contribution in [0.15, 0.2) is 30.3 Å². The lowest BCUT2D eigenvalue weighted by atomic mass is 9.78. The second-order valence-corrected chi connectivity index (χ2v) is 12.7. The molecule has 2 aromatic rings. The molecule has 1 aromatic carbocycles. The summed E-state index contributed by atoms with van der Waals surface area (Å²) >= 11 is 0. The first-order chi connectivity index (χ1) is 16.7. The molecule has 0 radical (unpaired) electrons. The maximum absolute atomic E-state index is 6.28. The van der Waals surface area contributed by atoms with E-state index >= 15 is 0 Å². The molecule has 0 unspecified atom stereocenters. The van der Waals surface area contributed by atoms with Crippen LogP contribution in [0.5, 0.6) is 5.75 Å². The highest BCUT2D eigenvalue weighted by Crippen LogP contribution is 2.35. The summed E-state index contributed by atoms with van der Waals surface area (Å²) in [5.41, 5.74) is 2.39. The molecule has 1 atom stereocenters. The van der Waals surface area contributed by atoms with Gasteiger partial charge in [-0.05, 0) is 90.0 Å². The normalized spacial score (nSPS) is 23.2. The maximum atomic E-state index is 6.28. The fraction of sp³-hybridized carbons (Fsp3) is 0.643. The SMILES string of the molecule is COc1cc(B2O[C@@H](C(C)C)C(C)(C)O2)ccc1-c1ccc(N(C)C2CC(C)(C)NC(C)(C)C2)nn1. The molecule has 4 rings (SSSR count). The van der Waals surface area contributed by atoms with Gasteiger partial charge in [0.15, 0.2) is 5.82 Å². The molecule has 3 heterocycles. The highest BCUT2D eigenvalue weighted by molar-refractivity contribution is 6.62. The van der Waals surface area contributed by atoms with E-state index in [0.29, 0.717) is 12.0 Å². The first-order valence-electron chi connectivity index (χ1n) is 13.1. The number of hydrogen-bond acceptors (Lipinski definition) is 7. The summed E-state index contributed by atoms with van der Waals surface area (Å²) in [5.74, 6) is 1.96. The minimum absolute atomic E-state index is 0.0275. The number of benzene rings is 1. The van der Waals surface area contributed by atoms with Crippen molar-refractivity contribution in [1.82, 2.24) is 15.5 Å². The zero-order valence-electron chi connectivity index (χ0n) is 23.7. The molecule has 7 nitrogen and oxygen atoms in total. The molecule has 196 valence electrons. The number of aromatic nitrogens is 2. The van der Waals surface area contributed by atoms with Crippen LogP contribution >= 0.6 is 0 Å². The van der Waals surface area contributed by atoms with Gasteiger partial charge in [-0.1, -0.05) is 19.9 Å². The van der Waals surface area contributed by atoms with Crippen LogP contribution in [0.2, 0.25) is 0 Å². The van der Waals surface area contributed by atoms with Crippen molar-refractivity contribution in [1.29, 1.82) is 0 Å². The number of anilines is 1. The van der Waals surface area contributed by atoms with E-state index in [1.54, 1.807) is 7.11 Å². The van der Waals surface area contributed by atoms with Crippen LogP contribution in [0.1, 0.15) is 68.2 Å². The zero-order chi connectivity index (χ0) is 26.5. The molecule has 1 aromatic heterocycles. The van der Waals surface area contributed by atoms with Crippen molar-refractivity contribution in [2.45, 2.75) is 97.1 Å². The van der Waals surface area contributed by atoms with Gasteiger partial charge in [-0.25, -0.2) is 0 Å². The third kappa shape index (κ3) is 5.56. The van der Waals surface area contributed by atoms with E-state index in [2.05, 4.69) is 88.9 Å². The number of nitrogens with zero attached hydrogens (tertiary/aromatic N) is 3. The number of nitrogens with one attached hydrogen (secondary N) is 1. The fourth-order valence-electron chi connectivity index (χ4n) is 6.23. The van der Waals surface area contributed by atoms with Crippen LogP contribution in [-0.4, -0.2) is 60.3 Å². The van der Waals surface area contributed by atoms with Crippen LogP contribution in [0, 0.1) is 5.92 Å². The summed E-state index contributed by atoms with van der Waals surface area (Å²) in [4.78, 5) is 2.27. The first kappa shape index (κ1) is 26.9. The van der Waals surface area contributed by atoms with Gasteiger partial charge in [0.05, 0.1) is 24.5 Å². The van der Waals surface area contributed by atoms with E-state index in [0.717, 1.165) is 41.1 Å². The molecule has 2 aliphatic heterocycles. The molecule has 2 aliphatic rings. The summed E-state index contributed by atoms with van der Waals surface area (Å²) in [5, 5.41) is 12.9. The largest absolute Gasteiger partial charge is 0.496 e. The van der Waals surface area contributed by atoms with Crippen molar-refractivity contribution < 1.29 is 14.0 Å². The number of ether oxygens (including phenoxy) is 1. The van der Waals surface area contributed by atoms with Gasteiger partial charge in [-0.15, -0.1) is 10.2 Å². The number of piperidine rings is 1. The Hall–Kier alpha value is -2.16. The van der Waals surface area contributed by atoms with Gasteiger partial charge in [-0.3, -0.25) is 0 Å². The maximum Gasteiger partial charge on any atom is 0.494 e. The zero-order valence-corrected chi connectivity index (χ0v) is 23.7. The standard InChI is InChI=1S/C28H43BN4O3/c1-18(2)25-28(7,8)36-29(35-25)19-11-12-21(23(15-19)34-10)22-13-14-24(31-30-22)33(9)20-16-26(3,4)32-27(5,6)17-20/h11-15,18,20,25,32H,16-17H2,1-10H3/t25-/m0/s1. The summed E-state index contributed by atoms with van der Waals surface area (Å²) in [6.45, 7) is 17.6. The van der Waals surface area contributed by atoms with Gasteiger partial charge in [0.1, 0.15) is 5.75 Å². The topological polar surface area (TPSA) is 68.7 Å². The molecule has 0 amide bonds. The van der Waals surface area contributed by atoms with Crippen LogP contribution < -0.4 is 20.4 Å². The lowest BCUT2D eigenvalue weighted by Crippen LogP contribution is -2.62. The molecule has 1 N–H and O–H groups in total. The average molecular weight is 494 g/mol. The minimum Gasteiger partial charge on any atom is -0.496 e. The van der Waals surface area contributed by atoms with Crippen LogP contribution in [0.25, 0.3) is 11.3 Å². The summed E-state index contributed by atoms with van der Waals surface area (Å²) < 4.78 is 18.3.